The lowest BCUT2D eigenvalue weighted by Gasteiger charge is -2.37. The van der Waals surface area contributed by atoms with Crippen molar-refractivity contribution in [2.75, 3.05) is 19.9 Å². The first-order valence-electron chi connectivity index (χ1n) is 6.68. The first-order valence-corrected chi connectivity index (χ1v) is 7.91. The van der Waals surface area contributed by atoms with Crippen molar-refractivity contribution in [3.05, 3.63) is 23.8 Å². The molecule has 0 radical (unpaired) electrons. The van der Waals surface area contributed by atoms with Crippen molar-refractivity contribution in [3.63, 3.8) is 0 Å². The predicted octanol–water partition coefficient (Wildman–Crippen LogP) is 3.58. The molecular weight excluding hydrogens is 242 g/mol. The third-order valence-corrected chi connectivity index (χ3v) is 4.96. The Morgan fingerprint density at radius 3 is 2.56 bits per heavy atom. The van der Waals surface area contributed by atoms with Crippen molar-refractivity contribution in [3.8, 4) is 5.75 Å². The second kappa shape index (κ2) is 5.98. The fourth-order valence-corrected chi connectivity index (χ4v) is 3.60. The highest BCUT2D eigenvalue weighted by Gasteiger charge is 2.32. The van der Waals surface area contributed by atoms with E-state index in [0.29, 0.717) is 0 Å². The van der Waals surface area contributed by atoms with Gasteiger partial charge in [0.2, 0.25) is 0 Å². The van der Waals surface area contributed by atoms with E-state index in [4.69, 9.17) is 10.5 Å². The van der Waals surface area contributed by atoms with Crippen LogP contribution in [0.3, 0.4) is 0 Å². The Hall–Kier alpha value is -0.670. The standard InChI is InChI=1S/C15H23NOS/c1-17-13-7-6-12(10-14(13)18-2)15(11-16)8-4-3-5-9-15/h6-7,10H,3-5,8-9,11,16H2,1-2H3. The molecule has 2 N–H and O–H groups in total. The zero-order valence-electron chi connectivity index (χ0n) is 11.4. The zero-order chi connectivity index (χ0) is 13.0. The number of nitrogens with two attached hydrogens (primary N) is 1. The van der Waals surface area contributed by atoms with Gasteiger partial charge in [0, 0.05) is 16.9 Å². The van der Waals surface area contributed by atoms with Gasteiger partial charge >= 0.3 is 0 Å². The van der Waals surface area contributed by atoms with Gasteiger partial charge in [0.25, 0.3) is 0 Å². The predicted molar refractivity (Wildman–Crippen MR) is 78.6 cm³/mol. The van der Waals surface area contributed by atoms with Crippen LogP contribution in [0.25, 0.3) is 0 Å². The number of hydrogen-bond donors (Lipinski definition) is 1. The molecule has 100 valence electrons. The van der Waals surface area contributed by atoms with Crippen LogP contribution in [0, 0.1) is 0 Å². The quantitative estimate of drug-likeness (QED) is 0.845. The van der Waals surface area contributed by atoms with Crippen molar-refractivity contribution in [2.24, 2.45) is 5.73 Å². The summed E-state index contributed by atoms with van der Waals surface area (Å²) in [5.41, 5.74) is 7.70. The van der Waals surface area contributed by atoms with E-state index >= 15 is 0 Å². The molecule has 0 atom stereocenters. The van der Waals surface area contributed by atoms with Crippen LogP contribution in [-0.4, -0.2) is 19.9 Å². The molecule has 0 aromatic heterocycles. The molecule has 18 heavy (non-hydrogen) atoms. The number of rotatable bonds is 4. The Morgan fingerprint density at radius 2 is 2.00 bits per heavy atom. The highest BCUT2D eigenvalue weighted by Crippen LogP contribution is 2.41. The molecule has 0 saturated heterocycles. The Morgan fingerprint density at radius 1 is 1.28 bits per heavy atom. The van der Waals surface area contributed by atoms with Gasteiger partial charge in [-0.2, -0.15) is 0 Å². The molecule has 2 nitrogen and oxygen atoms in total. The van der Waals surface area contributed by atoms with Gasteiger partial charge in [0.1, 0.15) is 5.75 Å². The smallest absolute Gasteiger partial charge is 0.132 e. The third-order valence-electron chi connectivity index (χ3n) is 4.20. The number of hydrogen-bond acceptors (Lipinski definition) is 3. The van der Waals surface area contributed by atoms with Crippen molar-refractivity contribution < 1.29 is 4.74 Å². The van der Waals surface area contributed by atoms with Gasteiger partial charge in [-0.25, -0.2) is 0 Å². The fraction of sp³-hybridized carbons (Fsp3) is 0.600. The zero-order valence-corrected chi connectivity index (χ0v) is 12.2. The minimum atomic E-state index is 0.203. The lowest BCUT2D eigenvalue weighted by Crippen LogP contribution is -2.37. The number of benzene rings is 1. The van der Waals surface area contributed by atoms with E-state index < -0.39 is 0 Å². The Bertz CT molecular complexity index is 399. The highest BCUT2D eigenvalue weighted by atomic mass is 32.2. The average Bonchev–Trinajstić information content (AvgIpc) is 2.47. The number of methoxy groups -OCH3 is 1. The monoisotopic (exact) mass is 265 g/mol. The summed E-state index contributed by atoms with van der Waals surface area (Å²) >= 11 is 1.74. The lowest BCUT2D eigenvalue weighted by atomic mass is 9.69. The lowest BCUT2D eigenvalue weighted by molar-refractivity contribution is 0.300. The highest BCUT2D eigenvalue weighted by molar-refractivity contribution is 7.98. The van der Waals surface area contributed by atoms with Crippen molar-refractivity contribution >= 4 is 11.8 Å². The molecule has 0 amide bonds. The van der Waals surface area contributed by atoms with E-state index in [1.165, 1.54) is 42.6 Å². The van der Waals surface area contributed by atoms with Crippen LogP contribution in [0.2, 0.25) is 0 Å². The molecule has 1 aromatic carbocycles. The van der Waals surface area contributed by atoms with Gasteiger partial charge in [0.15, 0.2) is 0 Å². The third kappa shape index (κ3) is 2.52. The molecule has 1 aromatic rings. The van der Waals surface area contributed by atoms with Crippen LogP contribution in [0.4, 0.5) is 0 Å². The van der Waals surface area contributed by atoms with Crippen LogP contribution >= 0.6 is 11.8 Å². The van der Waals surface area contributed by atoms with Gasteiger partial charge in [-0.15, -0.1) is 11.8 Å². The summed E-state index contributed by atoms with van der Waals surface area (Å²) in [5, 5.41) is 0. The second-order valence-electron chi connectivity index (χ2n) is 5.11. The van der Waals surface area contributed by atoms with Gasteiger partial charge in [-0.1, -0.05) is 25.3 Å². The normalized spacial score (nSPS) is 18.6. The van der Waals surface area contributed by atoms with Crippen LogP contribution < -0.4 is 10.5 Å². The summed E-state index contributed by atoms with van der Waals surface area (Å²) in [6, 6.07) is 6.57. The minimum Gasteiger partial charge on any atom is -0.496 e. The Kier molecular flexibility index (Phi) is 4.57. The van der Waals surface area contributed by atoms with Gasteiger partial charge in [-0.3, -0.25) is 0 Å². The molecule has 1 fully saturated rings. The maximum atomic E-state index is 6.09. The SMILES string of the molecule is COc1ccc(C2(CN)CCCCC2)cc1SC. The largest absolute Gasteiger partial charge is 0.496 e. The molecule has 1 aliphatic rings. The van der Waals surface area contributed by atoms with Gasteiger partial charge in [-0.05, 0) is 36.8 Å². The van der Waals surface area contributed by atoms with E-state index in [2.05, 4.69) is 24.5 Å². The van der Waals surface area contributed by atoms with E-state index in [-0.39, 0.29) is 5.41 Å². The summed E-state index contributed by atoms with van der Waals surface area (Å²) in [6.07, 6.45) is 8.51. The maximum Gasteiger partial charge on any atom is 0.132 e. The van der Waals surface area contributed by atoms with Crippen LogP contribution in [-0.2, 0) is 5.41 Å². The minimum absolute atomic E-state index is 0.203. The molecule has 0 unspecified atom stereocenters. The van der Waals surface area contributed by atoms with Crippen molar-refractivity contribution in [1.29, 1.82) is 0 Å². The van der Waals surface area contributed by atoms with E-state index in [0.717, 1.165) is 12.3 Å². The van der Waals surface area contributed by atoms with E-state index in [9.17, 15) is 0 Å². The Balaban J connectivity index is 2.36. The van der Waals surface area contributed by atoms with Crippen molar-refractivity contribution in [2.45, 2.75) is 42.4 Å². The summed E-state index contributed by atoms with van der Waals surface area (Å²) in [7, 11) is 1.73. The van der Waals surface area contributed by atoms with Gasteiger partial charge < -0.3 is 10.5 Å². The van der Waals surface area contributed by atoms with E-state index in [1.807, 2.05) is 0 Å². The molecule has 1 saturated carbocycles. The summed E-state index contributed by atoms with van der Waals surface area (Å²) < 4.78 is 5.39. The second-order valence-corrected chi connectivity index (χ2v) is 5.96. The topological polar surface area (TPSA) is 35.2 Å². The molecule has 2 rings (SSSR count). The van der Waals surface area contributed by atoms with Gasteiger partial charge in [0.05, 0.1) is 7.11 Å². The summed E-state index contributed by atoms with van der Waals surface area (Å²) in [6.45, 7) is 0.757. The van der Waals surface area contributed by atoms with Crippen LogP contribution in [0.15, 0.2) is 23.1 Å². The van der Waals surface area contributed by atoms with Crippen molar-refractivity contribution in [1.82, 2.24) is 0 Å². The number of thioether (sulfide) groups is 1. The number of ether oxygens (including phenoxy) is 1. The first-order chi connectivity index (χ1) is 8.75. The van der Waals surface area contributed by atoms with Crippen LogP contribution in [0.5, 0.6) is 5.75 Å². The molecule has 1 aliphatic carbocycles. The molecule has 0 spiro atoms. The van der Waals surface area contributed by atoms with E-state index in [1.54, 1.807) is 18.9 Å². The summed E-state index contributed by atoms with van der Waals surface area (Å²) in [5.74, 6) is 0.967. The maximum absolute atomic E-state index is 6.09. The molecule has 0 bridgehead atoms. The first kappa shape index (κ1) is 13.8. The van der Waals surface area contributed by atoms with Crippen LogP contribution in [0.1, 0.15) is 37.7 Å². The molecular formula is C15H23NOS. The molecule has 0 heterocycles. The Labute approximate surface area is 114 Å². The fourth-order valence-electron chi connectivity index (χ4n) is 3.01. The molecule has 0 aliphatic heterocycles. The summed E-state index contributed by atoms with van der Waals surface area (Å²) in [4.78, 5) is 1.22. The average molecular weight is 265 g/mol. The molecule has 3 heteroatoms.